The number of halogens is 2. The van der Waals surface area contributed by atoms with Crippen molar-refractivity contribution >= 4 is 27.5 Å². The lowest BCUT2D eigenvalue weighted by Crippen LogP contribution is -2.06. The van der Waals surface area contributed by atoms with Crippen LogP contribution in [0.25, 0.3) is 0 Å². The van der Waals surface area contributed by atoms with E-state index >= 15 is 0 Å². The number of aliphatic hydroxyl groups is 1. The van der Waals surface area contributed by atoms with Crippen LogP contribution in [0.4, 0.5) is 0 Å². The van der Waals surface area contributed by atoms with E-state index in [9.17, 15) is 5.11 Å². The van der Waals surface area contributed by atoms with E-state index in [-0.39, 0.29) is 5.92 Å². The summed E-state index contributed by atoms with van der Waals surface area (Å²) < 4.78 is 2.50. The normalized spacial score (nSPS) is 12.9. The minimum atomic E-state index is -0.690. The first-order chi connectivity index (χ1) is 9.40. The first kappa shape index (κ1) is 15.5. The van der Waals surface area contributed by atoms with E-state index in [0.29, 0.717) is 17.1 Å². The van der Waals surface area contributed by atoms with Gasteiger partial charge < -0.3 is 5.11 Å². The summed E-state index contributed by atoms with van der Waals surface area (Å²) in [4.78, 5) is 4.10. The lowest BCUT2D eigenvalue weighted by atomic mass is 9.98. The van der Waals surface area contributed by atoms with E-state index in [1.165, 1.54) is 0 Å². The Morgan fingerprint density at radius 1 is 1.40 bits per heavy atom. The van der Waals surface area contributed by atoms with E-state index in [2.05, 4.69) is 26.0 Å². The van der Waals surface area contributed by atoms with Crippen LogP contribution in [0, 0.1) is 0 Å². The quantitative estimate of drug-likeness (QED) is 0.908. The molecule has 108 valence electrons. The highest BCUT2D eigenvalue weighted by molar-refractivity contribution is 9.10. The number of hydrogen-bond donors (Lipinski definition) is 1. The number of aryl methyl sites for hydroxylation is 1. The molecule has 0 aromatic carbocycles. The van der Waals surface area contributed by atoms with Crippen LogP contribution in [-0.2, 0) is 13.5 Å². The monoisotopic (exact) mass is 357 g/mol. The second kappa shape index (κ2) is 6.24. The number of aliphatic hydroxyl groups excluding tert-OH is 1. The van der Waals surface area contributed by atoms with Crippen LogP contribution in [0.15, 0.2) is 22.9 Å². The molecular formula is C14H17BrClN3O. The van der Waals surface area contributed by atoms with Crippen LogP contribution in [0.1, 0.15) is 42.7 Å². The Bertz CT molecular complexity index is 612. The number of nitrogens with zero attached hydrogens (tertiary/aromatic N) is 3. The average molecular weight is 359 g/mol. The van der Waals surface area contributed by atoms with Crippen LogP contribution in [0.5, 0.6) is 0 Å². The van der Waals surface area contributed by atoms with Gasteiger partial charge in [-0.15, -0.1) is 0 Å². The van der Waals surface area contributed by atoms with E-state index in [0.717, 1.165) is 15.7 Å². The van der Waals surface area contributed by atoms with Gasteiger partial charge in [-0.25, -0.2) is 0 Å². The van der Waals surface area contributed by atoms with Crippen molar-refractivity contribution < 1.29 is 5.11 Å². The third-order valence-corrected chi connectivity index (χ3v) is 3.99. The summed E-state index contributed by atoms with van der Waals surface area (Å²) in [6.07, 6.45) is 3.22. The number of aromatic nitrogens is 3. The third-order valence-electron chi connectivity index (χ3n) is 3.11. The summed E-state index contributed by atoms with van der Waals surface area (Å²) in [5.41, 5.74) is 2.50. The summed E-state index contributed by atoms with van der Waals surface area (Å²) in [6, 6.07) is 1.94. The van der Waals surface area contributed by atoms with Gasteiger partial charge in [0.15, 0.2) is 0 Å². The largest absolute Gasteiger partial charge is 0.388 e. The molecule has 0 bridgehead atoms. The molecule has 6 heteroatoms. The third kappa shape index (κ3) is 3.22. The fourth-order valence-corrected chi connectivity index (χ4v) is 2.84. The van der Waals surface area contributed by atoms with Gasteiger partial charge in [0, 0.05) is 35.9 Å². The SMILES string of the molecule is CC(C)c1nn(C)c(Cl)c1C(O)Cc1cncc(Br)c1. The lowest BCUT2D eigenvalue weighted by molar-refractivity contribution is 0.177. The summed E-state index contributed by atoms with van der Waals surface area (Å²) >= 11 is 9.64. The van der Waals surface area contributed by atoms with Crippen molar-refractivity contribution in [3.63, 3.8) is 0 Å². The Labute approximate surface area is 131 Å². The van der Waals surface area contributed by atoms with Gasteiger partial charge in [-0.2, -0.15) is 5.10 Å². The van der Waals surface area contributed by atoms with E-state index in [4.69, 9.17) is 11.6 Å². The minimum Gasteiger partial charge on any atom is -0.388 e. The topological polar surface area (TPSA) is 50.9 Å². The molecule has 0 amide bonds. The van der Waals surface area contributed by atoms with Gasteiger partial charge in [-0.3, -0.25) is 9.67 Å². The van der Waals surface area contributed by atoms with Crippen molar-refractivity contribution in [1.29, 1.82) is 0 Å². The number of rotatable bonds is 4. The van der Waals surface area contributed by atoms with Crippen molar-refractivity contribution in [3.05, 3.63) is 44.9 Å². The zero-order valence-corrected chi connectivity index (χ0v) is 14.0. The van der Waals surface area contributed by atoms with Crippen molar-refractivity contribution in [3.8, 4) is 0 Å². The predicted octanol–water partition coefficient (Wildman–Crippen LogP) is 3.63. The van der Waals surface area contributed by atoms with Gasteiger partial charge in [0.1, 0.15) is 5.15 Å². The number of hydrogen-bond acceptors (Lipinski definition) is 3. The predicted molar refractivity (Wildman–Crippen MR) is 82.9 cm³/mol. The van der Waals surface area contributed by atoms with Crippen LogP contribution in [0.3, 0.4) is 0 Å². The molecular weight excluding hydrogens is 342 g/mol. The Balaban J connectivity index is 2.31. The van der Waals surface area contributed by atoms with Crippen LogP contribution in [-0.4, -0.2) is 19.9 Å². The van der Waals surface area contributed by atoms with Gasteiger partial charge in [-0.05, 0) is 33.5 Å². The Morgan fingerprint density at radius 3 is 2.70 bits per heavy atom. The average Bonchev–Trinajstić information content (AvgIpc) is 2.66. The van der Waals surface area contributed by atoms with Crippen LogP contribution < -0.4 is 0 Å². The van der Waals surface area contributed by atoms with Crippen LogP contribution >= 0.6 is 27.5 Å². The standard InChI is InChI=1S/C14H17BrClN3O/c1-8(2)13-12(14(16)19(3)18-13)11(20)5-9-4-10(15)7-17-6-9/h4,6-8,11,20H,5H2,1-3H3. The van der Waals surface area contributed by atoms with E-state index < -0.39 is 6.10 Å². The van der Waals surface area contributed by atoms with E-state index in [1.807, 2.05) is 19.9 Å². The Kier molecular flexibility index (Phi) is 4.83. The molecule has 0 radical (unpaired) electrons. The van der Waals surface area contributed by atoms with Gasteiger partial charge >= 0.3 is 0 Å². The summed E-state index contributed by atoms with van der Waals surface area (Å²) in [5, 5.41) is 15.4. The van der Waals surface area contributed by atoms with Crippen molar-refractivity contribution in [2.24, 2.45) is 7.05 Å². The molecule has 20 heavy (non-hydrogen) atoms. The van der Waals surface area contributed by atoms with Crippen LogP contribution in [0.2, 0.25) is 5.15 Å². The molecule has 0 aliphatic carbocycles. The molecule has 0 saturated carbocycles. The molecule has 0 fully saturated rings. The first-order valence-corrected chi connectivity index (χ1v) is 7.57. The molecule has 0 spiro atoms. The highest BCUT2D eigenvalue weighted by Crippen LogP contribution is 2.32. The maximum Gasteiger partial charge on any atom is 0.132 e. The van der Waals surface area contributed by atoms with Gasteiger partial charge in [-0.1, -0.05) is 25.4 Å². The maximum atomic E-state index is 10.5. The Morgan fingerprint density at radius 2 is 2.10 bits per heavy atom. The zero-order chi connectivity index (χ0) is 14.9. The molecule has 1 atom stereocenters. The molecule has 4 nitrogen and oxygen atoms in total. The molecule has 1 unspecified atom stereocenters. The molecule has 0 aliphatic heterocycles. The molecule has 0 saturated heterocycles. The maximum absolute atomic E-state index is 10.5. The van der Waals surface area contributed by atoms with Crippen molar-refractivity contribution in [1.82, 2.24) is 14.8 Å². The van der Waals surface area contributed by atoms with Gasteiger partial charge in [0.05, 0.1) is 11.8 Å². The minimum absolute atomic E-state index is 0.207. The van der Waals surface area contributed by atoms with Crippen molar-refractivity contribution in [2.45, 2.75) is 32.3 Å². The lowest BCUT2D eigenvalue weighted by Gasteiger charge is -2.13. The smallest absolute Gasteiger partial charge is 0.132 e. The fourth-order valence-electron chi connectivity index (χ4n) is 2.17. The van der Waals surface area contributed by atoms with Gasteiger partial charge in [0.25, 0.3) is 0 Å². The van der Waals surface area contributed by atoms with Gasteiger partial charge in [0.2, 0.25) is 0 Å². The highest BCUT2D eigenvalue weighted by Gasteiger charge is 2.23. The summed E-state index contributed by atoms with van der Waals surface area (Å²) in [7, 11) is 1.78. The molecule has 2 aromatic rings. The van der Waals surface area contributed by atoms with E-state index in [1.54, 1.807) is 24.1 Å². The first-order valence-electron chi connectivity index (χ1n) is 6.40. The van der Waals surface area contributed by atoms with Crippen molar-refractivity contribution in [2.75, 3.05) is 0 Å². The summed E-state index contributed by atoms with van der Waals surface area (Å²) in [6.45, 7) is 4.07. The zero-order valence-electron chi connectivity index (χ0n) is 11.6. The molecule has 2 heterocycles. The molecule has 1 N–H and O–H groups in total. The molecule has 2 rings (SSSR count). The fraction of sp³-hybridized carbons (Fsp3) is 0.429. The molecule has 2 aromatic heterocycles. The second-order valence-electron chi connectivity index (χ2n) is 5.10. The highest BCUT2D eigenvalue weighted by atomic mass is 79.9. The molecule has 0 aliphatic rings. The summed E-state index contributed by atoms with van der Waals surface area (Å²) in [5.74, 6) is 0.207. The Hall–Kier alpha value is -0.910. The second-order valence-corrected chi connectivity index (χ2v) is 6.37. The number of pyridine rings is 1.